The van der Waals surface area contributed by atoms with E-state index in [0.29, 0.717) is 18.7 Å². The number of rotatable bonds is 1. The van der Waals surface area contributed by atoms with Crippen LogP contribution < -0.4 is 5.56 Å². The van der Waals surface area contributed by atoms with Gasteiger partial charge in [-0.1, -0.05) is 0 Å². The van der Waals surface area contributed by atoms with Crippen molar-refractivity contribution in [2.75, 3.05) is 13.1 Å². The number of piperidine rings is 1. The zero-order valence-electron chi connectivity index (χ0n) is 8.85. The molecule has 0 aromatic carbocycles. The van der Waals surface area contributed by atoms with Gasteiger partial charge in [-0.3, -0.25) is 9.59 Å². The van der Waals surface area contributed by atoms with Crippen LogP contribution in [0.1, 0.15) is 23.2 Å². The van der Waals surface area contributed by atoms with Crippen molar-refractivity contribution in [2.45, 2.75) is 18.9 Å². The number of aliphatic hydroxyl groups excluding tert-OH is 1. The fraction of sp³-hybridized carbons (Fsp3) is 0.455. The van der Waals surface area contributed by atoms with Crippen LogP contribution in [0.2, 0.25) is 0 Å². The maximum atomic E-state index is 11.9. The maximum Gasteiger partial charge on any atom is 0.255 e. The van der Waals surface area contributed by atoms with E-state index in [1.54, 1.807) is 4.90 Å². The van der Waals surface area contributed by atoms with Crippen LogP contribution in [0.5, 0.6) is 0 Å². The third-order valence-corrected chi connectivity index (χ3v) is 2.71. The molecule has 1 saturated heterocycles. The van der Waals surface area contributed by atoms with Crippen LogP contribution in [0.3, 0.4) is 0 Å². The number of likely N-dealkylation sites (tertiary alicyclic amines) is 1. The van der Waals surface area contributed by atoms with E-state index in [0.717, 1.165) is 12.8 Å². The summed E-state index contributed by atoms with van der Waals surface area (Å²) in [5.41, 5.74) is 0.226. The highest BCUT2D eigenvalue weighted by molar-refractivity contribution is 5.93. The summed E-state index contributed by atoms with van der Waals surface area (Å²) in [4.78, 5) is 26.9. The van der Waals surface area contributed by atoms with Crippen molar-refractivity contribution in [2.24, 2.45) is 0 Å². The number of carbonyl (C=O) groups excluding carboxylic acids is 1. The van der Waals surface area contributed by atoms with Gasteiger partial charge in [-0.15, -0.1) is 0 Å². The SMILES string of the molecule is O=C(c1ccc(=O)[nH]c1)N1CCC[C@H](O)C1. The summed E-state index contributed by atoms with van der Waals surface area (Å²) in [6.07, 6.45) is 2.54. The second-order valence-corrected chi connectivity index (χ2v) is 3.99. The molecule has 5 nitrogen and oxygen atoms in total. The molecule has 0 radical (unpaired) electrons. The van der Waals surface area contributed by atoms with Gasteiger partial charge in [0, 0.05) is 25.4 Å². The third kappa shape index (κ3) is 2.30. The predicted octanol–water partition coefficient (Wildman–Crippen LogP) is -0.0282. The van der Waals surface area contributed by atoms with Crippen LogP contribution in [0.4, 0.5) is 0 Å². The van der Waals surface area contributed by atoms with Gasteiger partial charge in [0.05, 0.1) is 11.7 Å². The molecule has 2 rings (SSSR count). The van der Waals surface area contributed by atoms with E-state index in [1.807, 2.05) is 0 Å². The van der Waals surface area contributed by atoms with Crippen molar-refractivity contribution < 1.29 is 9.90 Å². The molecule has 2 heterocycles. The van der Waals surface area contributed by atoms with E-state index in [2.05, 4.69) is 4.98 Å². The third-order valence-electron chi connectivity index (χ3n) is 2.71. The summed E-state index contributed by atoms with van der Waals surface area (Å²) in [6.45, 7) is 1.03. The Morgan fingerprint density at radius 3 is 2.94 bits per heavy atom. The first kappa shape index (κ1) is 10.9. The molecule has 0 aliphatic carbocycles. The van der Waals surface area contributed by atoms with Crippen molar-refractivity contribution in [1.82, 2.24) is 9.88 Å². The number of pyridine rings is 1. The number of hydrogen-bond acceptors (Lipinski definition) is 3. The number of aromatic amines is 1. The monoisotopic (exact) mass is 222 g/mol. The van der Waals surface area contributed by atoms with E-state index >= 15 is 0 Å². The van der Waals surface area contributed by atoms with Gasteiger partial charge in [-0.25, -0.2) is 0 Å². The smallest absolute Gasteiger partial charge is 0.255 e. The highest BCUT2D eigenvalue weighted by atomic mass is 16.3. The molecule has 0 unspecified atom stereocenters. The Hall–Kier alpha value is -1.62. The van der Waals surface area contributed by atoms with Crippen molar-refractivity contribution in [3.63, 3.8) is 0 Å². The maximum absolute atomic E-state index is 11.9. The van der Waals surface area contributed by atoms with Gasteiger partial charge in [0.2, 0.25) is 5.56 Å². The predicted molar refractivity (Wildman–Crippen MR) is 58.2 cm³/mol. The number of nitrogens with one attached hydrogen (secondary N) is 1. The first-order chi connectivity index (χ1) is 7.66. The van der Waals surface area contributed by atoms with Crippen molar-refractivity contribution in [3.05, 3.63) is 34.2 Å². The van der Waals surface area contributed by atoms with Crippen LogP contribution in [0.15, 0.2) is 23.1 Å². The summed E-state index contributed by atoms with van der Waals surface area (Å²) in [6, 6.07) is 2.83. The molecule has 0 bridgehead atoms. The van der Waals surface area contributed by atoms with E-state index in [4.69, 9.17) is 0 Å². The van der Waals surface area contributed by atoms with E-state index in [-0.39, 0.29) is 11.5 Å². The van der Waals surface area contributed by atoms with E-state index < -0.39 is 6.10 Å². The van der Waals surface area contributed by atoms with Crippen LogP contribution in [-0.2, 0) is 0 Å². The number of nitrogens with zero attached hydrogens (tertiary/aromatic N) is 1. The van der Waals surface area contributed by atoms with Crippen molar-refractivity contribution in [3.8, 4) is 0 Å². The molecule has 1 aromatic heterocycles. The van der Waals surface area contributed by atoms with Gasteiger partial charge < -0.3 is 15.0 Å². The molecule has 5 heteroatoms. The van der Waals surface area contributed by atoms with Gasteiger partial charge in [0.25, 0.3) is 5.91 Å². The molecule has 0 spiro atoms. The molecule has 1 aromatic rings. The quantitative estimate of drug-likeness (QED) is 0.701. The lowest BCUT2D eigenvalue weighted by Crippen LogP contribution is -2.42. The molecule has 1 amide bonds. The fourth-order valence-corrected chi connectivity index (χ4v) is 1.87. The number of aromatic nitrogens is 1. The molecule has 86 valence electrons. The van der Waals surface area contributed by atoms with Crippen LogP contribution in [-0.4, -0.2) is 40.1 Å². The highest BCUT2D eigenvalue weighted by Gasteiger charge is 2.22. The Morgan fingerprint density at radius 2 is 2.31 bits per heavy atom. The van der Waals surface area contributed by atoms with Gasteiger partial charge in [-0.2, -0.15) is 0 Å². The lowest BCUT2D eigenvalue weighted by Gasteiger charge is -2.30. The standard InChI is InChI=1S/C11H14N2O3/c14-9-2-1-5-13(7-9)11(16)8-3-4-10(15)12-6-8/h3-4,6,9,14H,1-2,5,7H2,(H,12,15)/t9-/m0/s1. The van der Waals surface area contributed by atoms with Crippen molar-refractivity contribution >= 4 is 5.91 Å². The van der Waals surface area contributed by atoms with Gasteiger partial charge in [0.1, 0.15) is 0 Å². The number of hydrogen-bond donors (Lipinski definition) is 2. The Kier molecular flexibility index (Phi) is 3.05. The van der Waals surface area contributed by atoms with Crippen molar-refractivity contribution in [1.29, 1.82) is 0 Å². The Morgan fingerprint density at radius 1 is 1.50 bits per heavy atom. The minimum absolute atomic E-state index is 0.144. The number of H-pyrrole nitrogens is 1. The normalized spacial score (nSPS) is 20.8. The van der Waals surface area contributed by atoms with E-state index in [1.165, 1.54) is 18.3 Å². The Labute approximate surface area is 92.7 Å². The van der Waals surface area contributed by atoms with Gasteiger partial charge in [0.15, 0.2) is 0 Å². The number of amides is 1. The molecule has 16 heavy (non-hydrogen) atoms. The van der Waals surface area contributed by atoms with E-state index in [9.17, 15) is 14.7 Å². The summed E-state index contributed by atoms with van der Waals surface area (Å²) >= 11 is 0. The molecule has 2 N–H and O–H groups in total. The molecule has 1 aliphatic rings. The first-order valence-electron chi connectivity index (χ1n) is 5.33. The highest BCUT2D eigenvalue weighted by Crippen LogP contribution is 2.12. The average molecular weight is 222 g/mol. The summed E-state index contributed by atoms with van der Waals surface area (Å²) < 4.78 is 0. The molecule has 0 saturated carbocycles. The Balaban J connectivity index is 2.12. The van der Waals surface area contributed by atoms with Crippen LogP contribution in [0, 0.1) is 0 Å². The van der Waals surface area contributed by atoms with Gasteiger partial charge in [-0.05, 0) is 18.9 Å². The molecule has 1 fully saturated rings. The lowest BCUT2D eigenvalue weighted by molar-refractivity contribution is 0.0473. The first-order valence-corrected chi connectivity index (χ1v) is 5.33. The molecular weight excluding hydrogens is 208 g/mol. The summed E-state index contributed by atoms with van der Waals surface area (Å²) in [5, 5.41) is 9.47. The number of β-amino-alcohol motifs (C(OH)–C–C–N with tert-alkyl or cyclic N) is 1. The van der Waals surface area contributed by atoms with Crippen LogP contribution in [0.25, 0.3) is 0 Å². The summed E-state index contributed by atoms with van der Waals surface area (Å²) in [5.74, 6) is -0.144. The largest absolute Gasteiger partial charge is 0.391 e. The number of carbonyl (C=O) groups is 1. The minimum Gasteiger partial charge on any atom is -0.391 e. The second-order valence-electron chi connectivity index (χ2n) is 3.99. The van der Waals surface area contributed by atoms with Gasteiger partial charge >= 0.3 is 0 Å². The van der Waals surface area contributed by atoms with Crippen LogP contribution >= 0.6 is 0 Å². The number of aliphatic hydroxyl groups is 1. The fourth-order valence-electron chi connectivity index (χ4n) is 1.87. The second kappa shape index (κ2) is 4.49. The molecule has 1 aliphatic heterocycles. The average Bonchev–Trinajstić information content (AvgIpc) is 2.29. The zero-order valence-corrected chi connectivity index (χ0v) is 8.85. The topological polar surface area (TPSA) is 73.4 Å². The minimum atomic E-state index is -0.430. The zero-order chi connectivity index (χ0) is 11.5. The molecule has 1 atom stereocenters. The molecular formula is C11H14N2O3. The Bertz CT molecular complexity index is 421. The summed E-state index contributed by atoms with van der Waals surface area (Å²) in [7, 11) is 0. The lowest BCUT2D eigenvalue weighted by atomic mass is 10.1.